The second-order valence-corrected chi connectivity index (χ2v) is 11.4. The Balaban J connectivity index is 1.36. The Bertz CT molecular complexity index is 1730. The van der Waals surface area contributed by atoms with Gasteiger partial charge in [-0.1, -0.05) is 41.2 Å². The van der Waals surface area contributed by atoms with Crippen molar-refractivity contribution < 1.29 is 18.8 Å². The van der Waals surface area contributed by atoms with Gasteiger partial charge in [-0.05, 0) is 72.2 Å². The first-order chi connectivity index (χ1) is 18.5. The molecule has 0 atom stereocenters. The predicted molar refractivity (Wildman–Crippen MR) is 149 cm³/mol. The molecule has 7 heteroatoms. The number of carboxylic acid groups (broad SMARTS) is 1. The second kappa shape index (κ2) is 10.1. The van der Waals surface area contributed by atoms with Crippen LogP contribution in [0.2, 0.25) is 0 Å². The minimum atomic E-state index is -1.05. The first-order valence-corrected chi connectivity index (χ1v) is 14.0. The van der Waals surface area contributed by atoms with Gasteiger partial charge in [-0.2, -0.15) is 0 Å². The van der Waals surface area contributed by atoms with E-state index in [1.807, 2.05) is 42.7 Å². The molecule has 2 N–H and O–H groups in total. The van der Waals surface area contributed by atoms with Crippen molar-refractivity contribution in [3.8, 4) is 23.0 Å². The van der Waals surface area contributed by atoms with Crippen LogP contribution in [0.4, 0.5) is 4.39 Å². The summed E-state index contributed by atoms with van der Waals surface area (Å²) in [6.45, 7) is 0.779. The summed E-state index contributed by atoms with van der Waals surface area (Å²) in [5.74, 6) is 6.46. The summed E-state index contributed by atoms with van der Waals surface area (Å²) in [7, 11) is 0. The van der Waals surface area contributed by atoms with Gasteiger partial charge in [0.1, 0.15) is 17.3 Å². The Hall–Kier alpha value is -3.99. The number of carbonyl (C=O) groups is 1. The lowest BCUT2D eigenvalue weighted by Gasteiger charge is -2.24. The van der Waals surface area contributed by atoms with Gasteiger partial charge < -0.3 is 19.2 Å². The summed E-state index contributed by atoms with van der Waals surface area (Å²) in [6.07, 6.45) is 5.65. The summed E-state index contributed by atoms with van der Waals surface area (Å²) < 4.78 is 29.0. The molecule has 0 aliphatic carbocycles. The van der Waals surface area contributed by atoms with Crippen molar-refractivity contribution in [3.05, 3.63) is 95.6 Å². The van der Waals surface area contributed by atoms with Gasteiger partial charge in [0, 0.05) is 41.0 Å². The van der Waals surface area contributed by atoms with Crippen LogP contribution in [0.25, 0.3) is 32.9 Å². The number of fused-ring (bicyclic) bond motifs is 2. The maximum Gasteiger partial charge on any atom is 0.336 e. The molecular formula is C31H25FN2O3S. The topological polar surface area (TPSA) is 81.1 Å². The third-order valence-corrected chi connectivity index (χ3v) is 8.67. The average molecular weight is 525 g/mol. The van der Waals surface area contributed by atoms with Crippen LogP contribution in [0.1, 0.15) is 34.3 Å². The van der Waals surface area contributed by atoms with Crippen LogP contribution >= 0.6 is 0 Å². The molecule has 0 saturated carbocycles. The summed E-state index contributed by atoms with van der Waals surface area (Å²) in [6, 6.07) is 17.9. The zero-order chi connectivity index (χ0) is 26.2. The van der Waals surface area contributed by atoms with Crippen molar-refractivity contribution >= 4 is 39.0 Å². The Kier molecular flexibility index (Phi) is 6.44. The predicted octanol–water partition coefficient (Wildman–Crippen LogP) is 6.19. The van der Waals surface area contributed by atoms with E-state index in [1.54, 1.807) is 24.3 Å². The van der Waals surface area contributed by atoms with E-state index in [4.69, 9.17) is 0 Å². The van der Waals surface area contributed by atoms with Gasteiger partial charge in [-0.25, -0.2) is 9.18 Å². The van der Waals surface area contributed by atoms with Gasteiger partial charge in [0.05, 0.1) is 16.6 Å². The number of nitrogens with zero attached hydrogens (tertiary/aromatic N) is 1. The van der Waals surface area contributed by atoms with Gasteiger partial charge in [0.2, 0.25) is 0 Å². The Labute approximate surface area is 222 Å². The van der Waals surface area contributed by atoms with Gasteiger partial charge in [0.15, 0.2) is 0 Å². The highest BCUT2D eigenvalue weighted by atomic mass is 32.2. The number of aromatic amines is 1. The summed E-state index contributed by atoms with van der Waals surface area (Å²) in [4.78, 5) is 15.2. The average Bonchev–Trinajstić information content (AvgIpc) is 3.54. The van der Waals surface area contributed by atoms with Gasteiger partial charge in [-0.15, -0.1) is 0 Å². The molecular weight excluding hydrogens is 499 g/mol. The maximum absolute atomic E-state index is 15.2. The molecule has 1 aliphatic rings. The van der Waals surface area contributed by atoms with E-state index in [2.05, 4.69) is 21.4 Å². The largest absolute Gasteiger partial charge is 0.616 e. The number of hydrogen-bond donors (Lipinski definition) is 2. The number of aromatic carboxylic acids is 1. The van der Waals surface area contributed by atoms with Crippen molar-refractivity contribution in [1.29, 1.82) is 0 Å². The minimum absolute atomic E-state index is 0.141. The summed E-state index contributed by atoms with van der Waals surface area (Å²) in [5, 5.41) is 11.8. The number of rotatable bonds is 4. The van der Waals surface area contributed by atoms with E-state index >= 15 is 4.39 Å². The molecule has 0 bridgehead atoms. The number of H-pyrrole nitrogens is 1. The minimum Gasteiger partial charge on any atom is -0.616 e. The van der Waals surface area contributed by atoms with Crippen molar-refractivity contribution in [1.82, 2.24) is 9.55 Å². The van der Waals surface area contributed by atoms with Crippen LogP contribution in [0, 0.1) is 23.6 Å². The van der Waals surface area contributed by atoms with Gasteiger partial charge in [0.25, 0.3) is 0 Å². The molecule has 190 valence electrons. The smallest absolute Gasteiger partial charge is 0.336 e. The third-order valence-electron chi connectivity index (χ3n) is 7.29. The number of hydrogen-bond acceptors (Lipinski definition) is 2. The summed E-state index contributed by atoms with van der Waals surface area (Å²) >= 11 is -0.703. The molecule has 38 heavy (non-hydrogen) atoms. The highest BCUT2D eigenvalue weighted by Crippen LogP contribution is 2.31. The first kappa shape index (κ1) is 24.4. The molecule has 5 aromatic rings. The van der Waals surface area contributed by atoms with Crippen molar-refractivity contribution in [2.24, 2.45) is 5.92 Å². The van der Waals surface area contributed by atoms with E-state index in [0.29, 0.717) is 17.0 Å². The number of benzene rings is 3. The molecule has 1 fully saturated rings. The highest BCUT2D eigenvalue weighted by Gasteiger charge is 2.22. The van der Waals surface area contributed by atoms with Crippen LogP contribution in [0.15, 0.2) is 73.1 Å². The highest BCUT2D eigenvalue weighted by molar-refractivity contribution is 7.91. The van der Waals surface area contributed by atoms with Gasteiger partial charge >= 0.3 is 5.97 Å². The zero-order valence-corrected chi connectivity index (χ0v) is 21.4. The molecule has 0 unspecified atom stereocenters. The Morgan fingerprint density at radius 2 is 1.87 bits per heavy atom. The van der Waals surface area contributed by atoms with Crippen LogP contribution in [-0.4, -0.2) is 36.7 Å². The lowest BCUT2D eigenvalue weighted by molar-refractivity contribution is 0.0697. The molecule has 0 radical (unpaired) electrons. The molecule has 1 aliphatic heterocycles. The monoisotopic (exact) mass is 524 g/mol. The second-order valence-electron chi connectivity index (χ2n) is 9.71. The maximum atomic E-state index is 15.2. The van der Waals surface area contributed by atoms with Crippen LogP contribution in [-0.2, 0) is 17.7 Å². The molecule has 6 rings (SSSR count). The van der Waals surface area contributed by atoms with E-state index < -0.39 is 23.0 Å². The summed E-state index contributed by atoms with van der Waals surface area (Å²) in [5.41, 5.74) is 3.85. The first-order valence-electron chi connectivity index (χ1n) is 12.6. The number of nitrogens with one attached hydrogen (secondary N) is 1. The SMILES string of the molecule is O=C(O)c1cccc(C#Cc2cc3ccn(CC4CC[S+]([O-])CC4)c3cc2F)c1-c1ccc2cc[nH]c2c1. The van der Waals surface area contributed by atoms with E-state index in [-0.39, 0.29) is 11.1 Å². The molecule has 5 nitrogen and oxygen atoms in total. The fourth-order valence-corrected chi connectivity index (χ4v) is 6.65. The van der Waals surface area contributed by atoms with E-state index in [9.17, 15) is 14.5 Å². The van der Waals surface area contributed by atoms with Crippen molar-refractivity contribution in [2.75, 3.05) is 11.5 Å². The molecule has 1 saturated heterocycles. The lowest BCUT2D eigenvalue weighted by Crippen LogP contribution is -2.25. The molecule has 3 heterocycles. The molecule has 0 amide bonds. The normalized spacial score (nSPS) is 17.4. The standard InChI is InChI=1S/C31H25FN2O3S/c32-27-18-29-24(9-13-34(29)19-20-10-14-38(37)15-11-20)16-23(27)6-5-22-2-1-3-26(31(35)36)30(22)25-7-4-21-8-12-33-28(21)17-25/h1-4,7-9,12-13,16-18,20,33H,10-11,14-15,19H2,(H,35,36). The Morgan fingerprint density at radius 1 is 1.05 bits per heavy atom. The van der Waals surface area contributed by atoms with Crippen molar-refractivity contribution in [2.45, 2.75) is 19.4 Å². The van der Waals surface area contributed by atoms with Crippen LogP contribution < -0.4 is 0 Å². The van der Waals surface area contributed by atoms with Crippen molar-refractivity contribution in [3.63, 3.8) is 0 Å². The zero-order valence-electron chi connectivity index (χ0n) is 20.5. The van der Waals surface area contributed by atoms with E-state index in [1.165, 1.54) is 6.07 Å². The fraction of sp³-hybridized carbons (Fsp3) is 0.194. The molecule has 3 aromatic carbocycles. The molecule has 0 spiro atoms. The van der Waals surface area contributed by atoms with Crippen LogP contribution in [0.5, 0.6) is 0 Å². The third kappa shape index (κ3) is 4.69. The van der Waals surface area contributed by atoms with Gasteiger partial charge in [-0.3, -0.25) is 0 Å². The fourth-order valence-electron chi connectivity index (χ4n) is 5.25. The van der Waals surface area contributed by atoms with E-state index in [0.717, 1.165) is 58.3 Å². The number of carboxylic acids is 1. The lowest BCUT2D eigenvalue weighted by atomic mass is 9.93. The number of halogens is 1. The Morgan fingerprint density at radius 3 is 2.68 bits per heavy atom. The molecule has 2 aromatic heterocycles. The quantitative estimate of drug-likeness (QED) is 0.217. The van der Waals surface area contributed by atoms with Crippen LogP contribution in [0.3, 0.4) is 0 Å². The number of aromatic nitrogens is 2.